The fourth-order valence-electron chi connectivity index (χ4n) is 4.04. The lowest BCUT2D eigenvalue weighted by molar-refractivity contribution is -0.139. The highest BCUT2D eigenvalue weighted by Crippen LogP contribution is 2.44. The van der Waals surface area contributed by atoms with Crippen molar-refractivity contribution in [2.45, 2.75) is 18.4 Å². The van der Waals surface area contributed by atoms with Crippen LogP contribution in [0.15, 0.2) is 65.3 Å². The van der Waals surface area contributed by atoms with Crippen LogP contribution < -0.4 is 10.6 Å². The molecule has 1 aromatic heterocycles. The molecule has 3 N–H and O–H groups in total. The predicted octanol–water partition coefficient (Wildman–Crippen LogP) is 4.58. The number of amides is 2. The number of aliphatic carboxylic acids is 1. The normalized spacial score (nSPS) is 13.0. The number of anilines is 1. The molecule has 1 atom stereocenters. The number of carbonyl (C=O) groups excluding carboxylic acids is 2. The van der Waals surface area contributed by atoms with Crippen LogP contribution in [0.25, 0.3) is 11.1 Å². The van der Waals surface area contributed by atoms with Gasteiger partial charge in [-0.1, -0.05) is 48.5 Å². The number of hydrogen-bond donors (Lipinski definition) is 3. The first kappa shape index (κ1) is 23.4. The Hall–Kier alpha value is -3.72. The van der Waals surface area contributed by atoms with E-state index in [1.165, 1.54) is 24.1 Å². The maximum atomic E-state index is 12.6. The van der Waals surface area contributed by atoms with Gasteiger partial charge in [-0.25, -0.2) is 9.59 Å². The first-order valence-electron chi connectivity index (χ1n) is 10.7. The maximum Gasteiger partial charge on any atom is 0.411 e. The van der Waals surface area contributed by atoms with Crippen LogP contribution in [0.4, 0.5) is 10.5 Å². The lowest BCUT2D eigenvalue weighted by Crippen LogP contribution is -2.41. The molecule has 4 rings (SSSR count). The molecule has 1 heterocycles. The topological polar surface area (TPSA) is 118 Å². The molecule has 0 radical (unpaired) electrons. The second-order valence-electron chi connectivity index (χ2n) is 7.76. The highest BCUT2D eigenvalue weighted by atomic mass is 32.2. The number of thioether (sulfide) groups is 1. The molecular formula is C25H24N2O6S. The Bertz CT molecular complexity index is 1160. The molecule has 3 aromatic rings. The Morgan fingerprint density at radius 3 is 2.32 bits per heavy atom. The molecule has 176 valence electrons. The van der Waals surface area contributed by atoms with Crippen molar-refractivity contribution in [1.29, 1.82) is 0 Å². The first-order chi connectivity index (χ1) is 16.5. The summed E-state index contributed by atoms with van der Waals surface area (Å²) in [6.07, 6.45) is 2.61. The number of carboxylic acid groups (broad SMARTS) is 1. The number of furan rings is 1. The zero-order valence-electron chi connectivity index (χ0n) is 18.4. The number of carbonyl (C=O) groups is 3. The summed E-state index contributed by atoms with van der Waals surface area (Å²) in [5.74, 6) is -1.59. The predicted molar refractivity (Wildman–Crippen MR) is 129 cm³/mol. The van der Waals surface area contributed by atoms with E-state index in [1.54, 1.807) is 0 Å². The Kier molecular flexibility index (Phi) is 7.22. The minimum atomic E-state index is -1.14. The second kappa shape index (κ2) is 10.5. The molecule has 0 saturated heterocycles. The third-order valence-electron chi connectivity index (χ3n) is 5.67. The van der Waals surface area contributed by atoms with Gasteiger partial charge in [-0.05, 0) is 40.7 Å². The highest BCUT2D eigenvalue weighted by Gasteiger charge is 2.29. The smallest absolute Gasteiger partial charge is 0.411 e. The molecule has 0 aliphatic heterocycles. The van der Waals surface area contributed by atoms with Gasteiger partial charge in [-0.15, -0.1) is 0 Å². The highest BCUT2D eigenvalue weighted by molar-refractivity contribution is 7.98. The minimum Gasteiger partial charge on any atom is -0.480 e. The zero-order chi connectivity index (χ0) is 24.1. The van der Waals surface area contributed by atoms with Crippen molar-refractivity contribution in [3.63, 3.8) is 0 Å². The van der Waals surface area contributed by atoms with Crippen LogP contribution in [-0.2, 0) is 9.53 Å². The molecule has 0 saturated carbocycles. The third kappa shape index (κ3) is 4.94. The SMILES string of the molecule is CSCC[C@H](NC(=O)c1occc1NC(=O)OCC1c2ccccc2-c2ccccc21)C(=O)O. The number of carboxylic acids is 1. The fourth-order valence-corrected chi connectivity index (χ4v) is 4.52. The standard InChI is InChI=1S/C25H24N2O6S/c1-34-13-11-21(24(29)30)26-23(28)22-20(10-12-32-22)27-25(31)33-14-19-17-8-4-2-6-15(17)16-7-3-5-9-18(16)19/h2-10,12,19,21H,11,13-14H2,1H3,(H,26,28)(H,27,31)(H,29,30)/t21-/m0/s1. The van der Waals surface area contributed by atoms with Gasteiger partial charge in [0.15, 0.2) is 0 Å². The van der Waals surface area contributed by atoms with Gasteiger partial charge < -0.3 is 19.6 Å². The molecule has 0 fully saturated rings. The third-order valence-corrected chi connectivity index (χ3v) is 6.31. The Morgan fingerprint density at radius 1 is 1.06 bits per heavy atom. The van der Waals surface area contributed by atoms with Crippen molar-refractivity contribution >= 4 is 35.4 Å². The van der Waals surface area contributed by atoms with E-state index in [2.05, 4.69) is 10.6 Å². The Balaban J connectivity index is 1.40. The molecule has 0 unspecified atom stereocenters. The molecule has 9 heteroatoms. The van der Waals surface area contributed by atoms with Gasteiger partial charge in [0.1, 0.15) is 12.6 Å². The Labute approximate surface area is 200 Å². The molecular weight excluding hydrogens is 456 g/mol. The molecule has 2 aromatic carbocycles. The van der Waals surface area contributed by atoms with Gasteiger partial charge in [0.05, 0.1) is 12.0 Å². The maximum absolute atomic E-state index is 12.6. The van der Waals surface area contributed by atoms with Crippen LogP contribution in [0.2, 0.25) is 0 Å². The van der Waals surface area contributed by atoms with Gasteiger partial charge in [-0.2, -0.15) is 11.8 Å². The minimum absolute atomic E-state index is 0.0990. The first-order valence-corrected chi connectivity index (χ1v) is 12.1. The van der Waals surface area contributed by atoms with E-state index in [0.29, 0.717) is 5.75 Å². The van der Waals surface area contributed by atoms with Gasteiger partial charge in [0.2, 0.25) is 5.76 Å². The molecule has 0 bridgehead atoms. The number of rotatable bonds is 9. The van der Waals surface area contributed by atoms with Crippen molar-refractivity contribution < 1.29 is 28.6 Å². The fraction of sp³-hybridized carbons (Fsp3) is 0.240. The summed E-state index contributed by atoms with van der Waals surface area (Å²) in [5.41, 5.74) is 4.52. The molecule has 2 amide bonds. The van der Waals surface area contributed by atoms with Crippen molar-refractivity contribution in [3.8, 4) is 11.1 Å². The average molecular weight is 481 g/mol. The van der Waals surface area contributed by atoms with E-state index >= 15 is 0 Å². The van der Waals surface area contributed by atoms with Gasteiger partial charge in [-0.3, -0.25) is 10.1 Å². The van der Waals surface area contributed by atoms with E-state index in [4.69, 9.17) is 9.15 Å². The van der Waals surface area contributed by atoms with Crippen molar-refractivity contribution in [2.24, 2.45) is 0 Å². The summed E-state index contributed by atoms with van der Waals surface area (Å²) in [5, 5.41) is 14.3. The Morgan fingerprint density at radius 2 is 1.71 bits per heavy atom. The number of nitrogens with one attached hydrogen (secondary N) is 2. The van der Waals surface area contributed by atoms with Gasteiger partial charge in [0, 0.05) is 12.0 Å². The lowest BCUT2D eigenvalue weighted by Gasteiger charge is -2.15. The van der Waals surface area contributed by atoms with E-state index in [-0.39, 0.29) is 30.4 Å². The lowest BCUT2D eigenvalue weighted by atomic mass is 9.98. The summed E-state index contributed by atoms with van der Waals surface area (Å²) >= 11 is 1.48. The number of ether oxygens (including phenoxy) is 1. The quantitative estimate of drug-likeness (QED) is 0.410. The molecule has 34 heavy (non-hydrogen) atoms. The number of benzene rings is 2. The molecule has 1 aliphatic rings. The van der Waals surface area contributed by atoms with Crippen LogP contribution in [0.5, 0.6) is 0 Å². The van der Waals surface area contributed by atoms with E-state index in [1.807, 2.05) is 54.8 Å². The van der Waals surface area contributed by atoms with Crippen LogP contribution in [0, 0.1) is 0 Å². The van der Waals surface area contributed by atoms with Crippen LogP contribution in [-0.4, -0.2) is 47.7 Å². The molecule has 1 aliphatic carbocycles. The van der Waals surface area contributed by atoms with E-state index in [9.17, 15) is 19.5 Å². The monoisotopic (exact) mass is 480 g/mol. The molecule has 8 nitrogen and oxygen atoms in total. The largest absolute Gasteiger partial charge is 0.480 e. The van der Waals surface area contributed by atoms with E-state index in [0.717, 1.165) is 22.3 Å². The van der Waals surface area contributed by atoms with Crippen molar-refractivity contribution in [2.75, 3.05) is 23.9 Å². The zero-order valence-corrected chi connectivity index (χ0v) is 19.3. The van der Waals surface area contributed by atoms with Gasteiger partial charge in [0.25, 0.3) is 5.91 Å². The van der Waals surface area contributed by atoms with Crippen LogP contribution in [0.1, 0.15) is 34.0 Å². The summed E-state index contributed by atoms with van der Waals surface area (Å²) in [4.78, 5) is 36.5. The number of fused-ring (bicyclic) bond motifs is 3. The van der Waals surface area contributed by atoms with E-state index < -0.39 is 24.0 Å². The van der Waals surface area contributed by atoms with Crippen molar-refractivity contribution in [1.82, 2.24) is 5.32 Å². The summed E-state index contributed by atoms with van der Waals surface area (Å²) in [7, 11) is 0. The summed E-state index contributed by atoms with van der Waals surface area (Å²) in [6, 6.07) is 16.4. The second-order valence-corrected chi connectivity index (χ2v) is 8.75. The molecule has 0 spiro atoms. The van der Waals surface area contributed by atoms with Gasteiger partial charge >= 0.3 is 12.1 Å². The van der Waals surface area contributed by atoms with Crippen LogP contribution in [0.3, 0.4) is 0 Å². The van der Waals surface area contributed by atoms with Crippen molar-refractivity contribution in [3.05, 3.63) is 77.7 Å². The van der Waals surface area contributed by atoms with Crippen LogP contribution >= 0.6 is 11.8 Å². The summed E-state index contributed by atoms with van der Waals surface area (Å²) < 4.78 is 10.7. The number of hydrogen-bond acceptors (Lipinski definition) is 6. The summed E-state index contributed by atoms with van der Waals surface area (Å²) in [6.45, 7) is 0.120. The average Bonchev–Trinajstić information content (AvgIpc) is 3.42.